The average molecular weight is 178 g/mol. The van der Waals surface area contributed by atoms with Gasteiger partial charge < -0.3 is 4.52 Å². The van der Waals surface area contributed by atoms with E-state index in [9.17, 15) is 4.57 Å². The van der Waals surface area contributed by atoms with Crippen molar-refractivity contribution in [1.29, 1.82) is 0 Å². The van der Waals surface area contributed by atoms with Gasteiger partial charge in [-0.1, -0.05) is 26.2 Å². The third kappa shape index (κ3) is 8.09. The van der Waals surface area contributed by atoms with E-state index in [1.165, 1.54) is 19.3 Å². The quantitative estimate of drug-likeness (QED) is 0.442. The Morgan fingerprint density at radius 1 is 1.18 bits per heavy atom. The van der Waals surface area contributed by atoms with Gasteiger partial charge in [0.25, 0.3) is 0 Å². The van der Waals surface area contributed by atoms with Crippen LogP contribution >= 0.6 is 8.03 Å². The lowest BCUT2D eigenvalue weighted by atomic mass is 10.2. The maximum Gasteiger partial charge on any atom is 0.191 e. The molecule has 2 nitrogen and oxygen atoms in total. The molecule has 0 N–H and O–H groups in total. The second-order valence-corrected chi connectivity index (χ2v) is 4.15. The van der Waals surface area contributed by atoms with Gasteiger partial charge >= 0.3 is 0 Å². The molecule has 11 heavy (non-hydrogen) atoms. The van der Waals surface area contributed by atoms with Crippen LogP contribution in [0.4, 0.5) is 0 Å². The first kappa shape index (κ1) is 11.2. The first-order valence-corrected chi connectivity index (χ1v) is 5.99. The van der Waals surface area contributed by atoms with Crippen LogP contribution in [0.1, 0.15) is 39.5 Å². The Balaban J connectivity index is 3.04. The summed E-state index contributed by atoms with van der Waals surface area (Å²) in [6, 6.07) is 0. The summed E-state index contributed by atoms with van der Waals surface area (Å²) in [6.07, 6.45) is 5.51. The van der Waals surface area contributed by atoms with Crippen LogP contribution in [0, 0.1) is 0 Å². The molecule has 1 unspecified atom stereocenters. The summed E-state index contributed by atoms with van der Waals surface area (Å²) < 4.78 is 15.9. The van der Waals surface area contributed by atoms with Gasteiger partial charge in [0.15, 0.2) is 8.03 Å². The molecule has 0 heterocycles. The zero-order valence-electron chi connectivity index (χ0n) is 7.56. The van der Waals surface area contributed by atoms with E-state index < -0.39 is 8.03 Å². The minimum absolute atomic E-state index is 0.589. The lowest BCUT2D eigenvalue weighted by molar-refractivity contribution is 0.349. The van der Waals surface area contributed by atoms with E-state index in [2.05, 4.69) is 6.92 Å². The molecule has 0 amide bonds. The minimum Gasteiger partial charge on any atom is -0.331 e. The molecule has 0 rings (SSSR count). The molecule has 0 fully saturated rings. The Kier molecular flexibility index (Phi) is 8.43. The predicted molar refractivity (Wildman–Crippen MR) is 49.6 cm³/mol. The van der Waals surface area contributed by atoms with Crippen LogP contribution in [-0.4, -0.2) is 12.8 Å². The largest absolute Gasteiger partial charge is 0.331 e. The third-order valence-corrected chi connectivity index (χ3v) is 2.91. The smallest absolute Gasteiger partial charge is 0.191 e. The van der Waals surface area contributed by atoms with Gasteiger partial charge in [-0.05, 0) is 13.3 Å². The topological polar surface area (TPSA) is 26.3 Å². The minimum atomic E-state index is -1.67. The monoisotopic (exact) mass is 178 g/mol. The van der Waals surface area contributed by atoms with Gasteiger partial charge in [-0.15, -0.1) is 0 Å². The van der Waals surface area contributed by atoms with Gasteiger partial charge in [-0.2, -0.15) is 0 Å². The van der Waals surface area contributed by atoms with Gasteiger partial charge in [-0.3, -0.25) is 4.57 Å². The zero-order valence-corrected chi connectivity index (χ0v) is 8.56. The van der Waals surface area contributed by atoms with E-state index in [1.54, 1.807) is 0 Å². The lowest BCUT2D eigenvalue weighted by Gasteiger charge is -2.00. The Morgan fingerprint density at radius 2 is 1.91 bits per heavy atom. The van der Waals surface area contributed by atoms with Crippen molar-refractivity contribution in [1.82, 2.24) is 0 Å². The van der Waals surface area contributed by atoms with Crippen molar-refractivity contribution in [3.8, 4) is 0 Å². The predicted octanol–water partition coefficient (Wildman–Crippen LogP) is 3.08. The fourth-order valence-electron chi connectivity index (χ4n) is 0.929. The van der Waals surface area contributed by atoms with E-state index in [1.807, 2.05) is 6.92 Å². The maximum absolute atomic E-state index is 11.0. The van der Waals surface area contributed by atoms with Crippen LogP contribution in [0.15, 0.2) is 0 Å². The number of hydrogen-bond acceptors (Lipinski definition) is 2. The number of rotatable bonds is 7. The Labute approximate surface area is 70.2 Å². The molecule has 0 aliphatic carbocycles. The lowest BCUT2D eigenvalue weighted by Crippen LogP contribution is -1.84. The van der Waals surface area contributed by atoms with Crippen molar-refractivity contribution >= 4 is 8.03 Å². The molecule has 68 valence electrons. The van der Waals surface area contributed by atoms with Crippen molar-refractivity contribution in [2.24, 2.45) is 0 Å². The normalized spacial score (nSPS) is 13.3. The molecule has 0 aromatic heterocycles. The van der Waals surface area contributed by atoms with E-state index >= 15 is 0 Å². The molecule has 0 aromatic carbocycles. The van der Waals surface area contributed by atoms with Crippen LogP contribution in [0.3, 0.4) is 0 Å². The Bertz CT molecular complexity index is 104. The van der Waals surface area contributed by atoms with E-state index in [0.717, 1.165) is 12.6 Å². The summed E-state index contributed by atoms with van der Waals surface area (Å²) in [5, 5.41) is 0. The van der Waals surface area contributed by atoms with Gasteiger partial charge in [0.1, 0.15) is 0 Å². The first-order valence-electron chi connectivity index (χ1n) is 4.46. The molecule has 1 atom stereocenters. The molecule has 0 radical (unpaired) electrons. The highest BCUT2D eigenvalue weighted by Gasteiger charge is 1.96. The number of unbranched alkanes of at least 4 members (excludes halogenated alkanes) is 3. The fourth-order valence-corrected chi connectivity index (χ4v) is 1.93. The van der Waals surface area contributed by atoms with Crippen LogP contribution < -0.4 is 0 Å². The number of hydrogen-bond donors (Lipinski definition) is 0. The molecule has 0 saturated carbocycles. The molecular weight excluding hydrogens is 159 g/mol. The highest BCUT2D eigenvalue weighted by Crippen LogP contribution is 2.23. The molecule has 0 aromatic rings. The third-order valence-electron chi connectivity index (χ3n) is 1.54. The molecule has 0 spiro atoms. The highest BCUT2D eigenvalue weighted by molar-refractivity contribution is 7.39. The summed E-state index contributed by atoms with van der Waals surface area (Å²) in [5.41, 5.74) is 0. The van der Waals surface area contributed by atoms with Crippen molar-refractivity contribution in [3.05, 3.63) is 0 Å². The Hall–Kier alpha value is 0.190. The summed E-state index contributed by atoms with van der Waals surface area (Å²) in [5.74, 6) is 0. The summed E-state index contributed by atoms with van der Waals surface area (Å²) in [6.45, 7) is 4.64. The molecule has 3 heteroatoms. The molecule has 0 saturated heterocycles. The SMILES string of the molecule is CCCCCC[PH](=O)OCC. The molecular formula is C8H19O2P. The van der Waals surface area contributed by atoms with E-state index in [-0.39, 0.29) is 0 Å². The summed E-state index contributed by atoms with van der Waals surface area (Å²) in [4.78, 5) is 0. The zero-order chi connectivity index (χ0) is 8.53. The van der Waals surface area contributed by atoms with Crippen LogP contribution in [-0.2, 0) is 9.09 Å². The molecule has 0 aliphatic rings. The van der Waals surface area contributed by atoms with Crippen LogP contribution in [0.25, 0.3) is 0 Å². The van der Waals surface area contributed by atoms with Gasteiger partial charge in [0.2, 0.25) is 0 Å². The van der Waals surface area contributed by atoms with Crippen molar-refractivity contribution in [3.63, 3.8) is 0 Å². The standard InChI is InChI=1S/C8H19O2P/c1-3-5-6-7-8-11(9)10-4-2/h11H,3-8H2,1-2H3. The maximum atomic E-state index is 11.0. The Morgan fingerprint density at radius 3 is 2.45 bits per heavy atom. The van der Waals surface area contributed by atoms with Gasteiger partial charge in [-0.25, -0.2) is 0 Å². The van der Waals surface area contributed by atoms with E-state index in [4.69, 9.17) is 4.52 Å². The fraction of sp³-hybridized carbons (Fsp3) is 1.00. The van der Waals surface area contributed by atoms with Gasteiger partial charge in [0, 0.05) is 6.16 Å². The summed E-state index contributed by atoms with van der Waals surface area (Å²) in [7, 11) is -1.67. The summed E-state index contributed by atoms with van der Waals surface area (Å²) >= 11 is 0. The van der Waals surface area contributed by atoms with E-state index in [0.29, 0.717) is 6.61 Å². The van der Waals surface area contributed by atoms with Crippen molar-refractivity contribution in [2.45, 2.75) is 39.5 Å². The van der Waals surface area contributed by atoms with Crippen LogP contribution in [0.2, 0.25) is 0 Å². The first-order chi connectivity index (χ1) is 5.31. The van der Waals surface area contributed by atoms with Crippen molar-refractivity contribution < 1.29 is 9.09 Å². The second kappa shape index (κ2) is 8.29. The van der Waals surface area contributed by atoms with Crippen molar-refractivity contribution in [2.75, 3.05) is 12.8 Å². The average Bonchev–Trinajstić information content (AvgIpc) is 1.99. The molecule has 0 bridgehead atoms. The van der Waals surface area contributed by atoms with Crippen LogP contribution in [0.5, 0.6) is 0 Å². The highest BCUT2D eigenvalue weighted by atomic mass is 31.1. The second-order valence-electron chi connectivity index (χ2n) is 2.62. The van der Waals surface area contributed by atoms with Gasteiger partial charge in [0.05, 0.1) is 6.61 Å². The molecule has 0 aliphatic heterocycles.